The first-order valence-corrected chi connectivity index (χ1v) is 10.7. The second-order valence-corrected chi connectivity index (χ2v) is 8.17. The van der Waals surface area contributed by atoms with Crippen molar-refractivity contribution < 1.29 is 9.00 Å². The van der Waals surface area contributed by atoms with Gasteiger partial charge in [-0.05, 0) is 32.6 Å². The average molecular weight is 359 g/mol. The van der Waals surface area contributed by atoms with Crippen molar-refractivity contribution in [2.45, 2.75) is 70.6 Å². The van der Waals surface area contributed by atoms with E-state index in [1.165, 1.54) is 0 Å². The Kier molecular flexibility index (Phi) is 10.7. The molecule has 6 nitrogen and oxygen atoms in total. The summed E-state index contributed by atoms with van der Waals surface area (Å²) in [7, 11) is -0.721. The Bertz CT molecular complexity index is 429. The van der Waals surface area contributed by atoms with E-state index in [0.29, 0.717) is 24.3 Å². The zero-order valence-corrected chi connectivity index (χ0v) is 16.2. The Morgan fingerprint density at radius 2 is 2.00 bits per heavy atom. The molecule has 1 saturated carbocycles. The van der Waals surface area contributed by atoms with Crippen LogP contribution in [0.1, 0.15) is 59.3 Å². The fraction of sp³-hybridized carbons (Fsp3) is 0.882. The van der Waals surface area contributed by atoms with Crippen molar-refractivity contribution in [1.82, 2.24) is 16.0 Å². The van der Waals surface area contributed by atoms with E-state index in [9.17, 15) is 9.00 Å². The van der Waals surface area contributed by atoms with E-state index in [1.807, 2.05) is 20.8 Å². The van der Waals surface area contributed by atoms with Crippen LogP contribution in [0.5, 0.6) is 0 Å². The number of aliphatic imine (C=N–C) groups is 1. The zero-order valence-electron chi connectivity index (χ0n) is 15.4. The molecule has 3 unspecified atom stereocenters. The number of carbonyl (C=O) groups excluding carboxylic acids is 1. The molecule has 1 rings (SSSR count). The number of nitrogens with zero attached hydrogens (tertiary/aromatic N) is 1. The van der Waals surface area contributed by atoms with Gasteiger partial charge in [0.1, 0.15) is 0 Å². The molecular formula is C17H34N4O2S. The standard InChI is InChI=1S/C17H34N4O2S/c1-4-11-19-16(22)10-12-20-17(18-5-2)21-14-8-7-9-15(13-14)24(23)6-3/h14-15H,4-13H2,1-3H3,(H,19,22)(H2,18,20,21). The van der Waals surface area contributed by atoms with E-state index in [-0.39, 0.29) is 5.91 Å². The van der Waals surface area contributed by atoms with Crippen LogP contribution in [0.2, 0.25) is 0 Å². The number of amides is 1. The second-order valence-electron chi connectivity index (χ2n) is 6.16. The molecule has 0 heterocycles. The second kappa shape index (κ2) is 12.3. The first kappa shape index (κ1) is 20.9. The summed E-state index contributed by atoms with van der Waals surface area (Å²) in [4.78, 5) is 16.1. The lowest BCUT2D eigenvalue weighted by Crippen LogP contribution is -2.46. The first-order chi connectivity index (χ1) is 11.6. The topological polar surface area (TPSA) is 82.6 Å². The van der Waals surface area contributed by atoms with Crippen molar-refractivity contribution in [2.75, 3.05) is 25.4 Å². The molecule has 0 aromatic carbocycles. The summed E-state index contributed by atoms with van der Waals surface area (Å²) in [6.07, 6.45) is 5.53. The molecule has 3 atom stereocenters. The summed E-state index contributed by atoms with van der Waals surface area (Å²) < 4.78 is 12.1. The maximum absolute atomic E-state index is 12.1. The highest BCUT2D eigenvalue weighted by molar-refractivity contribution is 7.85. The van der Waals surface area contributed by atoms with Crippen molar-refractivity contribution in [3.05, 3.63) is 0 Å². The van der Waals surface area contributed by atoms with Gasteiger partial charge in [0, 0.05) is 47.4 Å². The minimum atomic E-state index is -0.721. The quantitative estimate of drug-likeness (QED) is 0.431. The minimum Gasteiger partial charge on any atom is -0.357 e. The molecule has 0 aromatic rings. The molecule has 3 N–H and O–H groups in total. The lowest BCUT2D eigenvalue weighted by molar-refractivity contribution is -0.120. The molecule has 0 radical (unpaired) electrons. The zero-order chi connectivity index (χ0) is 17.8. The van der Waals surface area contributed by atoms with Gasteiger partial charge in [0.2, 0.25) is 5.91 Å². The maximum atomic E-state index is 12.1. The number of guanidine groups is 1. The Hall–Kier alpha value is -1.11. The third-order valence-corrected chi connectivity index (χ3v) is 5.89. The fourth-order valence-corrected chi connectivity index (χ4v) is 4.23. The highest BCUT2D eigenvalue weighted by Crippen LogP contribution is 2.22. The fourth-order valence-electron chi connectivity index (χ4n) is 2.89. The van der Waals surface area contributed by atoms with E-state index in [1.54, 1.807) is 0 Å². The number of hydrogen-bond donors (Lipinski definition) is 3. The molecule has 140 valence electrons. The SMILES string of the molecule is CCCNC(=O)CCN=C(NCC)NC1CCCC(S(=O)CC)C1. The van der Waals surface area contributed by atoms with Crippen LogP contribution in [0.3, 0.4) is 0 Å². The van der Waals surface area contributed by atoms with Gasteiger partial charge in [-0.25, -0.2) is 0 Å². The van der Waals surface area contributed by atoms with Gasteiger partial charge in [-0.3, -0.25) is 14.0 Å². The monoisotopic (exact) mass is 358 g/mol. The summed E-state index contributed by atoms with van der Waals surface area (Å²) in [6, 6.07) is 0.311. The minimum absolute atomic E-state index is 0.0486. The number of carbonyl (C=O) groups is 1. The molecule has 1 fully saturated rings. The number of rotatable bonds is 9. The van der Waals surface area contributed by atoms with Gasteiger partial charge in [0.25, 0.3) is 0 Å². The normalized spacial score (nSPS) is 22.7. The van der Waals surface area contributed by atoms with Crippen molar-refractivity contribution >= 4 is 22.7 Å². The highest BCUT2D eigenvalue weighted by Gasteiger charge is 2.25. The number of hydrogen-bond acceptors (Lipinski definition) is 3. The molecule has 1 aliphatic carbocycles. The predicted molar refractivity (Wildman–Crippen MR) is 102 cm³/mol. The lowest BCUT2D eigenvalue weighted by Gasteiger charge is -2.30. The lowest BCUT2D eigenvalue weighted by atomic mass is 9.95. The van der Waals surface area contributed by atoms with Crippen molar-refractivity contribution in [3.63, 3.8) is 0 Å². The van der Waals surface area contributed by atoms with Gasteiger partial charge >= 0.3 is 0 Å². The smallest absolute Gasteiger partial charge is 0.221 e. The van der Waals surface area contributed by atoms with Gasteiger partial charge in [-0.2, -0.15) is 0 Å². The largest absolute Gasteiger partial charge is 0.357 e. The third-order valence-electron chi connectivity index (χ3n) is 4.15. The van der Waals surface area contributed by atoms with Crippen molar-refractivity contribution in [3.8, 4) is 0 Å². The molecule has 1 aliphatic rings. The molecule has 24 heavy (non-hydrogen) atoms. The summed E-state index contributed by atoms with van der Waals surface area (Å²) in [6.45, 7) is 8.03. The van der Waals surface area contributed by atoms with Crippen LogP contribution in [-0.4, -0.2) is 52.8 Å². The number of nitrogens with one attached hydrogen (secondary N) is 3. The van der Waals surface area contributed by atoms with Gasteiger partial charge < -0.3 is 16.0 Å². The van der Waals surface area contributed by atoms with Crippen LogP contribution in [0.25, 0.3) is 0 Å². The van der Waals surface area contributed by atoms with E-state index in [4.69, 9.17) is 0 Å². The molecule has 0 saturated heterocycles. The third kappa shape index (κ3) is 8.13. The maximum Gasteiger partial charge on any atom is 0.221 e. The molecule has 0 aromatic heterocycles. The molecule has 0 spiro atoms. The molecule has 0 bridgehead atoms. The van der Waals surface area contributed by atoms with Crippen LogP contribution >= 0.6 is 0 Å². The first-order valence-electron chi connectivity index (χ1n) is 9.29. The van der Waals surface area contributed by atoms with Gasteiger partial charge in [-0.1, -0.05) is 20.3 Å². The Balaban J connectivity index is 2.47. The van der Waals surface area contributed by atoms with Crippen LogP contribution in [-0.2, 0) is 15.6 Å². The van der Waals surface area contributed by atoms with Crippen LogP contribution < -0.4 is 16.0 Å². The van der Waals surface area contributed by atoms with Gasteiger partial charge in [0.05, 0.1) is 6.54 Å². The van der Waals surface area contributed by atoms with Crippen molar-refractivity contribution in [1.29, 1.82) is 0 Å². The van der Waals surface area contributed by atoms with E-state index in [0.717, 1.165) is 56.9 Å². The molecule has 7 heteroatoms. The average Bonchev–Trinajstić information content (AvgIpc) is 2.59. The Morgan fingerprint density at radius 3 is 2.67 bits per heavy atom. The Labute approximate surface area is 149 Å². The van der Waals surface area contributed by atoms with Crippen LogP contribution in [0, 0.1) is 0 Å². The summed E-state index contributed by atoms with van der Waals surface area (Å²) in [5, 5.41) is 9.85. The highest BCUT2D eigenvalue weighted by atomic mass is 32.2. The van der Waals surface area contributed by atoms with E-state index < -0.39 is 10.8 Å². The Morgan fingerprint density at radius 1 is 1.21 bits per heavy atom. The van der Waals surface area contributed by atoms with E-state index in [2.05, 4.69) is 20.9 Å². The molecular weight excluding hydrogens is 324 g/mol. The van der Waals surface area contributed by atoms with Crippen LogP contribution in [0.15, 0.2) is 4.99 Å². The summed E-state index contributed by atoms with van der Waals surface area (Å²) in [5.74, 6) is 1.54. The molecule has 0 aliphatic heterocycles. The van der Waals surface area contributed by atoms with E-state index >= 15 is 0 Å². The van der Waals surface area contributed by atoms with Gasteiger partial charge in [0.15, 0.2) is 5.96 Å². The summed E-state index contributed by atoms with van der Waals surface area (Å²) >= 11 is 0. The van der Waals surface area contributed by atoms with Gasteiger partial charge in [-0.15, -0.1) is 0 Å². The molecule has 1 amide bonds. The summed E-state index contributed by atoms with van der Waals surface area (Å²) in [5.41, 5.74) is 0. The van der Waals surface area contributed by atoms with Crippen molar-refractivity contribution in [2.24, 2.45) is 4.99 Å². The predicted octanol–water partition coefficient (Wildman–Crippen LogP) is 1.54. The van der Waals surface area contributed by atoms with Crippen LogP contribution in [0.4, 0.5) is 0 Å².